The first-order valence-corrected chi connectivity index (χ1v) is 9.33. The zero-order valence-electron chi connectivity index (χ0n) is 14.6. The number of ether oxygens (including phenoxy) is 2. The van der Waals surface area contributed by atoms with Gasteiger partial charge in [-0.3, -0.25) is 14.6 Å². The van der Waals surface area contributed by atoms with Crippen molar-refractivity contribution in [2.24, 2.45) is 0 Å². The smallest absolute Gasteiger partial charge is 0.236 e. The van der Waals surface area contributed by atoms with E-state index in [4.69, 9.17) is 9.47 Å². The Morgan fingerprint density at radius 3 is 2.83 bits per heavy atom. The first-order chi connectivity index (χ1) is 11.6. The minimum Gasteiger partial charge on any atom is -0.377 e. The number of carbonyl (C=O) groups is 1. The molecule has 3 heterocycles. The van der Waals surface area contributed by atoms with Crippen LogP contribution in [0.2, 0.25) is 0 Å². The van der Waals surface area contributed by atoms with E-state index in [0.717, 1.165) is 32.7 Å². The second-order valence-corrected chi connectivity index (χ2v) is 7.91. The van der Waals surface area contributed by atoms with Gasteiger partial charge in [0.15, 0.2) is 0 Å². The quantitative estimate of drug-likeness (QED) is 0.799. The summed E-state index contributed by atoms with van der Waals surface area (Å²) in [6.07, 6.45) is 0. The van der Waals surface area contributed by atoms with Crippen molar-refractivity contribution in [3.05, 3.63) is 22.4 Å². The van der Waals surface area contributed by atoms with Crippen LogP contribution in [0.1, 0.15) is 4.88 Å². The maximum Gasteiger partial charge on any atom is 0.236 e. The largest absolute Gasteiger partial charge is 0.377 e. The molecule has 1 atom stereocenters. The minimum atomic E-state index is -0.335. The van der Waals surface area contributed by atoms with Crippen molar-refractivity contribution in [2.75, 3.05) is 66.6 Å². The van der Waals surface area contributed by atoms with Crippen LogP contribution < -0.4 is 0 Å². The third-order valence-corrected chi connectivity index (χ3v) is 5.43. The molecule has 0 radical (unpaired) electrons. The van der Waals surface area contributed by atoms with Gasteiger partial charge in [-0.1, -0.05) is 6.07 Å². The molecule has 1 aromatic rings. The summed E-state index contributed by atoms with van der Waals surface area (Å²) < 4.78 is 12.0. The number of carbonyl (C=O) groups excluding carboxylic acids is 1. The van der Waals surface area contributed by atoms with Crippen LogP contribution in [0.5, 0.6) is 0 Å². The molecule has 0 unspecified atom stereocenters. The average Bonchev–Trinajstić information content (AvgIpc) is 2.97. The molecular weight excluding hydrogens is 326 g/mol. The van der Waals surface area contributed by atoms with Crippen LogP contribution in [-0.4, -0.2) is 92.8 Å². The fourth-order valence-corrected chi connectivity index (χ4v) is 4.06. The standard InChI is InChI=1S/C17H27N3O3S/c1-18(2)16(21)11-20-5-7-22-14-17(13-20)12-19(6-8-23-17)10-15-4-3-9-24-15/h3-4,9H,5-8,10-14H2,1-2H3/t17-/m0/s1. The first kappa shape index (κ1) is 17.8. The van der Waals surface area contributed by atoms with E-state index in [1.807, 2.05) is 0 Å². The van der Waals surface area contributed by atoms with Crippen molar-refractivity contribution in [1.29, 1.82) is 0 Å². The zero-order chi connectivity index (χ0) is 17.0. The number of hydrogen-bond donors (Lipinski definition) is 0. The topological polar surface area (TPSA) is 45.2 Å². The van der Waals surface area contributed by atoms with Gasteiger partial charge in [0.25, 0.3) is 0 Å². The van der Waals surface area contributed by atoms with Crippen molar-refractivity contribution in [3.63, 3.8) is 0 Å². The highest BCUT2D eigenvalue weighted by molar-refractivity contribution is 7.09. The lowest BCUT2D eigenvalue weighted by Gasteiger charge is -2.43. The van der Waals surface area contributed by atoms with Gasteiger partial charge in [-0.05, 0) is 11.4 Å². The summed E-state index contributed by atoms with van der Waals surface area (Å²) in [5.41, 5.74) is -0.335. The number of hydrogen-bond acceptors (Lipinski definition) is 6. The van der Waals surface area contributed by atoms with Gasteiger partial charge in [-0.25, -0.2) is 0 Å². The molecule has 134 valence electrons. The summed E-state index contributed by atoms with van der Waals surface area (Å²) in [6, 6.07) is 4.28. The van der Waals surface area contributed by atoms with Crippen LogP contribution in [0, 0.1) is 0 Å². The summed E-state index contributed by atoms with van der Waals surface area (Å²) in [6.45, 7) is 6.64. The molecule has 6 nitrogen and oxygen atoms in total. The Balaban J connectivity index is 1.64. The highest BCUT2D eigenvalue weighted by atomic mass is 32.1. The van der Waals surface area contributed by atoms with E-state index in [0.29, 0.717) is 26.4 Å². The minimum absolute atomic E-state index is 0.123. The van der Waals surface area contributed by atoms with Gasteiger partial charge in [0.1, 0.15) is 5.60 Å². The van der Waals surface area contributed by atoms with Gasteiger partial charge in [-0.15, -0.1) is 11.3 Å². The number of morpholine rings is 1. The number of thiophene rings is 1. The molecule has 1 amide bonds. The summed E-state index contributed by atoms with van der Waals surface area (Å²) in [5.74, 6) is 0.123. The average molecular weight is 353 g/mol. The molecule has 3 rings (SSSR count). The zero-order valence-corrected chi connectivity index (χ0v) is 15.4. The third kappa shape index (κ3) is 4.55. The monoisotopic (exact) mass is 353 g/mol. The molecule has 0 N–H and O–H groups in total. The number of rotatable bonds is 4. The summed E-state index contributed by atoms with van der Waals surface area (Å²) in [7, 11) is 3.60. The predicted molar refractivity (Wildman–Crippen MR) is 94.2 cm³/mol. The van der Waals surface area contributed by atoms with Gasteiger partial charge in [0, 0.05) is 51.7 Å². The lowest BCUT2D eigenvalue weighted by Crippen LogP contribution is -2.59. The predicted octanol–water partition coefficient (Wildman–Crippen LogP) is 0.740. The second-order valence-electron chi connectivity index (χ2n) is 6.87. The SMILES string of the molecule is CN(C)C(=O)CN1CCOC[C@@]2(C1)CN(Cc1cccs1)CCO2. The Bertz CT molecular complexity index is 537. The molecule has 2 saturated heterocycles. The molecule has 1 spiro atoms. The van der Waals surface area contributed by atoms with Gasteiger partial charge in [-0.2, -0.15) is 0 Å². The molecule has 2 aliphatic rings. The normalized spacial score (nSPS) is 26.4. The van der Waals surface area contributed by atoms with E-state index in [9.17, 15) is 4.79 Å². The van der Waals surface area contributed by atoms with Gasteiger partial charge >= 0.3 is 0 Å². The Hall–Kier alpha value is -0.990. The van der Waals surface area contributed by atoms with Crippen LogP contribution in [0.15, 0.2) is 17.5 Å². The van der Waals surface area contributed by atoms with E-state index in [1.54, 1.807) is 30.3 Å². The third-order valence-electron chi connectivity index (χ3n) is 4.57. The lowest BCUT2D eigenvalue weighted by molar-refractivity contribution is -0.145. The van der Waals surface area contributed by atoms with Crippen LogP contribution in [0.25, 0.3) is 0 Å². The Kier molecular flexibility index (Phi) is 5.89. The molecule has 0 saturated carbocycles. The van der Waals surface area contributed by atoms with Gasteiger partial charge < -0.3 is 14.4 Å². The fourth-order valence-electron chi connectivity index (χ4n) is 3.32. The number of amides is 1. The molecule has 0 aromatic carbocycles. The van der Waals surface area contributed by atoms with Crippen molar-refractivity contribution in [3.8, 4) is 0 Å². The van der Waals surface area contributed by atoms with E-state index < -0.39 is 0 Å². The van der Waals surface area contributed by atoms with E-state index in [2.05, 4.69) is 27.3 Å². The van der Waals surface area contributed by atoms with Crippen LogP contribution in [0.4, 0.5) is 0 Å². The van der Waals surface area contributed by atoms with Crippen LogP contribution >= 0.6 is 11.3 Å². The van der Waals surface area contributed by atoms with Crippen molar-refractivity contribution < 1.29 is 14.3 Å². The Labute approximate surface area is 147 Å². The van der Waals surface area contributed by atoms with Crippen molar-refractivity contribution in [2.45, 2.75) is 12.1 Å². The molecule has 1 aromatic heterocycles. The van der Waals surface area contributed by atoms with E-state index in [-0.39, 0.29) is 11.5 Å². The molecule has 2 aliphatic heterocycles. The van der Waals surface area contributed by atoms with Crippen molar-refractivity contribution in [1.82, 2.24) is 14.7 Å². The fraction of sp³-hybridized carbons (Fsp3) is 0.706. The van der Waals surface area contributed by atoms with Crippen LogP contribution in [-0.2, 0) is 20.8 Å². The molecule has 7 heteroatoms. The highest BCUT2D eigenvalue weighted by Crippen LogP contribution is 2.24. The molecule has 0 aliphatic carbocycles. The molecule has 24 heavy (non-hydrogen) atoms. The number of nitrogens with zero attached hydrogens (tertiary/aromatic N) is 3. The maximum absolute atomic E-state index is 12.1. The Morgan fingerprint density at radius 1 is 1.29 bits per heavy atom. The summed E-state index contributed by atoms with van der Waals surface area (Å²) in [4.78, 5) is 19.7. The van der Waals surface area contributed by atoms with E-state index >= 15 is 0 Å². The molecule has 2 fully saturated rings. The number of likely N-dealkylation sites (N-methyl/N-ethyl adjacent to an activating group) is 1. The first-order valence-electron chi connectivity index (χ1n) is 8.45. The van der Waals surface area contributed by atoms with Gasteiger partial charge in [0.2, 0.25) is 5.91 Å². The highest BCUT2D eigenvalue weighted by Gasteiger charge is 2.40. The summed E-state index contributed by atoms with van der Waals surface area (Å²) in [5, 5.41) is 2.12. The Morgan fingerprint density at radius 2 is 2.08 bits per heavy atom. The van der Waals surface area contributed by atoms with Crippen LogP contribution in [0.3, 0.4) is 0 Å². The lowest BCUT2D eigenvalue weighted by atomic mass is 10.0. The summed E-state index contributed by atoms with van der Waals surface area (Å²) >= 11 is 1.79. The van der Waals surface area contributed by atoms with E-state index in [1.165, 1.54) is 4.88 Å². The second kappa shape index (κ2) is 7.93. The molecule has 0 bridgehead atoms. The molecular formula is C17H27N3O3S. The maximum atomic E-state index is 12.1. The van der Waals surface area contributed by atoms with Gasteiger partial charge in [0.05, 0.1) is 26.4 Å². The van der Waals surface area contributed by atoms with Crippen molar-refractivity contribution >= 4 is 17.2 Å².